The first-order valence-corrected chi connectivity index (χ1v) is 9.93. The maximum absolute atomic E-state index is 13.4. The molecule has 31 heavy (non-hydrogen) atoms. The summed E-state index contributed by atoms with van der Waals surface area (Å²) in [4.78, 5) is 39.3. The van der Waals surface area contributed by atoms with Crippen LogP contribution in [0.25, 0.3) is 11.0 Å². The fourth-order valence-electron chi connectivity index (χ4n) is 4.03. The van der Waals surface area contributed by atoms with Crippen LogP contribution in [0.1, 0.15) is 23.6 Å². The van der Waals surface area contributed by atoms with Crippen molar-refractivity contribution in [2.75, 3.05) is 13.2 Å². The molecule has 2 aliphatic rings. The number of nitrogens with one attached hydrogen (secondary N) is 1. The van der Waals surface area contributed by atoms with Crippen molar-refractivity contribution in [2.24, 2.45) is 0 Å². The average Bonchev–Trinajstić information content (AvgIpc) is 2.97. The molecule has 1 N–H and O–H groups in total. The summed E-state index contributed by atoms with van der Waals surface area (Å²) >= 11 is 0. The van der Waals surface area contributed by atoms with Crippen molar-refractivity contribution >= 4 is 22.9 Å². The molecule has 1 atom stereocenters. The largest absolute Gasteiger partial charge is 0.486 e. The quantitative estimate of drug-likeness (QED) is 0.517. The minimum Gasteiger partial charge on any atom is -0.486 e. The third-order valence-electron chi connectivity index (χ3n) is 5.71. The summed E-state index contributed by atoms with van der Waals surface area (Å²) in [7, 11) is 0. The SMILES string of the molecule is Cc1ccc2c(CN3C(=O)NC(C)(c4ccc5c(c4)OCCO5)C3=O)cc(=O)oc2c1. The van der Waals surface area contributed by atoms with E-state index in [1.54, 1.807) is 31.2 Å². The molecule has 5 rings (SSSR count). The van der Waals surface area contributed by atoms with Crippen LogP contribution in [-0.4, -0.2) is 30.1 Å². The summed E-state index contributed by atoms with van der Waals surface area (Å²) in [5, 5.41) is 3.46. The first-order chi connectivity index (χ1) is 14.8. The van der Waals surface area contributed by atoms with E-state index in [9.17, 15) is 14.4 Å². The zero-order chi connectivity index (χ0) is 21.8. The summed E-state index contributed by atoms with van der Waals surface area (Å²) in [6, 6.07) is 11.4. The van der Waals surface area contributed by atoms with Gasteiger partial charge >= 0.3 is 11.7 Å². The Morgan fingerprint density at radius 1 is 1.00 bits per heavy atom. The predicted molar refractivity (Wildman–Crippen MR) is 111 cm³/mol. The highest BCUT2D eigenvalue weighted by molar-refractivity contribution is 6.07. The van der Waals surface area contributed by atoms with Gasteiger partial charge in [0.15, 0.2) is 11.5 Å². The molecule has 3 amide bonds. The number of aryl methyl sites for hydroxylation is 1. The summed E-state index contributed by atoms with van der Waals surface area (Å²) in [5.74, 6) is 0.722. The number of carbonyl (C=O) groups excluding carboxylic acids is 2. The number of amides is 3. The van der Waals surface area contributed by atoms with Crippen LogP contribution in [0.15, 0.2) is 51.7 Å². The number of carbonyl (C=O) groups is 2. The minimum atomic E-state index is -1.27. The van der Waals surface area contributed by atoms with E-state index in [1.807, 2.05) is 19.1 Å². The number of rotatable bonds is 3. The number of fused-ring (bicyclic) bond motifs is 2. The number of nitrogens with zero attached hydrogens (tertiary/aromatic N) is 1. The maximum Gasteiger partial charge on any atom is 0.336 e. The number of ether oxygens (including phenoxy) is 2. The minimum absolute atomic E-state index is 0.0457. The second-order valence-corrected chi connectivity index (χ2v) is 7.90. The van der Waals surface area contributed by atoms with Crippen molar-refractivity contribution in [1.82, 2.24) is 10.2 Å². The van der Waals surface area contributed by atoms with Gasteiger partial charge in [-0.15, -0.1) is 0 Å². The lowest BCUT2D eigenvalue weighted by atomic mass is 9.91. The highest BCUT2D eigenvalue weighted by Crippen LogP contribution is 2.37. The van der Waals surface area contributed by atoms with Crippen LogP contribution in [0.5, 0.6) is 11.5 Å². The lowest BCUT2D eigenvalue weighted by Crippen LogP contribution is -2.41. The highest BCUT2D eigenvalue weighted by Gasteiger charge is 2.49. The summed E-state index contributed by atoms with van der Waals surface area (Å²) in [6.45, 7) is 4.38. The zero-order valence-corrected chi connectivity index (χ0v) is 17.1. The fourth-order valence-corrected chi connectivity index (χ4v) is 4.03. The smallest absolute Gasteiger partial charge is 0.336 e. The number of hydrogen-bond acceptors (Lipinski definition) is 6. The molecule has 2 aliphatic heterocycles. The molecule has 8 nitrogen and oxygen atoms in total. The van der Waals surface area contributed by atoms with Crippen LogP contribution < -0.4 is 20.4 Å². The number of hydrogen-bond donors (Lipinski definition) is 1. The van der Waals surface area contributed by atoms with Crippen molar-refractivity contribution < 1.29 is 23.5 Å². The lowest BCUT2D eigenvalue weighted by molar-refractivity contribution is -0.131. The van der Waals surface area contributed by atoms with E-state index in [-0.39, 0.29) is 6.54 Å². The molecule has 1 aromatic heterocycles. The Balaban J connectivity index is 1.50. The zero-order valence-electron chi connectivity index (χ0n) is 17.1. The third-order valence-corrected chi connectivity index (χ3v) is 5.71. The second kappa shape index (κ2) is 6.87. The van der Waals surface area contributed by atoms with E-state index in [0.29, 0.717) is 46.8 Å². The number of urea groups is 1. The van der Waals surface area contributed by atoms with Gasteiger partial charge in [-0.25, -0.2) is 9.59 Å². The Morgan fingerprint density at radius 2 is 1.77 bits per heavy atom. The molecule has 0 bridgehead atoms. The molecule has 3 heterocycles. The van der Waals surface area contributed by atoms with Gasteiger partial charge in [-0.2, -0.15) is 0 Å². The van der Waals surface area contributed by atoms with Gasteiger partial charge in [0.2, 0.25) is 0 Å². The molecule has 8 heteroatoms. The summed E-state index contributed by atoms with van der Waals surface area (Å²) in [5.41, 5.74) is 0.693. The van der Waals surface area contributed by atoms with Crippen LogP contribution in [0, 0.1) is 6.92 Å². The molecular formula is C23H20N2O6. The maximum atomic E-state index is 13.4. The molecule has 0 spiro atoms. The summed E-state index contributed by atoms with van der Waals surface area (Å²) in [6.07, 6.45) is 0. The molecular weight excluding hydrogens is 400 g/mol. The van der Waals surface area contributed by atoms with Crippen LogP contribution >= 0.6 is 0 Å². The Morgan fingerprint density at radius 3 is 2.58 bits per heavy atom. The normalized spacial score (nSPS) is 20.3. The summed E-state index contributed by atoms with van der Waals surface area (Å²) < 4.78 is 16.4. The molecule has 1 saturated heterocycles. The van der Waals surface area contributed by atoms with Crippen molar-refractivity contribution in [1.29, 1.82) is 0 Å². The number of imide groups is 1. The third kappa shape index (κ3) is 3.11. The van der Waals surface area contributed by atoms with E-state index in [2.05, 4.69) is 5.32 Å². The number of benzene rings is 2. The molecule has 2 aromatic carbocycles. The monoisotopic (exact) mass is 420 g/mol. The Hall–Kier alpha value is -3.81. The van der Waals surface area contributed by atoms with E-state index in [1.165, 1.54) is 6.07 Å². The first kappa shape index (κ1) is 19.2. The van der Waals surface area contributed by atoms with Gasteiger partial charge in [-0.3, -0.25) is 9.69 Å². The van der Waals surface area contributed by atoms with Crippen LogP contribution in [0.3, 0.4) is 0 Å². The molecule has 0 saturated carbocycles. The standard InChI is InChI=1S/C23H20N2O6/c1-13-3-5-16-14(10-20(26)31-18(16)9-13)12-25-21(27)23(2,24-22(25)28)15-4-6-17-19(11-15)30-8-7-29-17/h3-6,9-11H,7-8,12H2,1-2H3,(H,24,28). The van der Waals surface area contributed by atoms with Gasteiger partial charge in [-0.1, -0.05) is 18.2 Å². The molecule has 0 aliphatic carbocycles. The van der Waals surface area contributed by atoms with Gasteiger partial charge in [0.25, 0.3) is 5.91 Å². The molecule has 0 radical (unpaired) electrons. The van der Waals surface area contributed by atoms with E-state index in [0.717, 1.165) is 10.5 Å². The van der Waals surface area contributed by atoms with Gasteiger partial charge in [0.1, 0.15) is 24.3 Å². The molecule has 1 unspecified atom stereocenters. The van der Waals surface area contributed by atoms with Crippen LogP contribution in [0.4, 0.5) is 4.79 Å². The Kier molecular flexibility index (Phi) is 4.25. The molecule has 158 valence electrons. The van der Waals surface area contributed by atoms with Gasteiger partial charge in [0.05, 0.1) is 6.54 Å². The van der Waals surface area contributed by atoms with Crippen LogP contribution in [0.2, 0.25) is 0 Å². The van der Waals surface area contributed by atoms with Crippen molar-refractivity contribution in [2.45, 2.75) is 25.9 Å². The average molecular weight is 420 g/mol. The van der Waals surface area contributed by atoms with Gasteiger partial charge in [-0.05, 0) is 48.7 Å². The first-order valence-electron chi connectivity index (χ1n) is 9.93. The van der Waals surface area contributed by atoms with E-state index >= 15 is 0 Å². The van der Waals surface area contributed by atoms with Gasteiger partial charge < -0.3 is 19.2 Å². The topological polar surface area (TPSA) is 98.1 Å². The van der Waals surface area contributed by atoms with E-state index in [4.69, 9.17) is 13.9 Å². The van der Waals surface area contributed by atoms with Crippen LogP contribution in [-0.2, 0) is 16.9 Å². The molecule has 1 fully saturated rings. The Labute approximate surface area is 177 Å². The molecule has 3 aromatic rings. The van der Waals surface area contributed by atoms with E-state index < -0.39 is 23.1 Å². The van der Waals surface area contributed by atoms with Gasteiger partial charge in [0, 0.05) is 11.5 Å². The van der Waals surface area contributed by atoms with Crippen molar-refractivity contribution in [3.63, 3.8) is 0 Å². The Bertz CT molecular complexity index is 1300. The highest BCUT2D eigenvalue weighted by atomic mass is 16.6. The van der Waals surface area contributed by atoms with Crippen molar-refractivity contribution in [3.05, 3.63) is 69.6 Å². The second-order valence-electron chi connectivity index (χ2n) is 7.90. The fraction of sp³-hybridized carbons (Fsp3) is 0.261. The van der Waals surface area contributed by atoms with Crippen molar-refractivity contribution in [3.8, 4) is 11.5 Å². The lowest BCUT2D eigenvalue weighted by Gasteiger charge is -2.25. The predicted octanol–water partition coefficient (Wildman–Crippen LogP) is 2.84.